The standard InChI is InChI=1S/C38H42O8/c1-25(21-43-27(3)39)32-19-35(45-23-29-13-9-7-10-14-29)36(46-24-30-15-11-8-12-16-30)20-34(32)38-33(26(2)22-44-28(4)40)17-31(41-5)18-37(38)42-6/h7-20,25-26H,21-24H2,1-6H3. The van der Waals surface area contributed by atoms with Crippen molar-refractivity contribution in [1.82, 2.24) is 0 Å². The zero-order valence-electron chi connectivity index (χ0n) is 27.3. The van der Waals surface area contributed by atoms with Crippen LogP contribution in [-0.2, 0) is 32.3 Å². The Morgan fingerprint density at radius 1 is 0.609 bits per heavy atom. The van der Waals surface area contributed by atoms with Crippen LogP contribution in [0, 0.1) is 0 Å². The van der Waals surface area contributed by atoms with Gasteiger partial charge >= 0.3 is 11.9 Å². The molecule has 0 heterocycles. The fourth-order valence-electron chi connectivity index (χ4n) is 5.13. The number of rotatable bonds is 15. The first-order valence-electron chi connectivity index (χ1n) is 15.2. The molecule has 0 aliphatic rings. The molecule has 0 aliphatic carbocycles. The highest BCUT2D eigenvalue weighted by Gasteiger charge is 2.26. The molecule has 0 spiro atoms. The van der Waals surface area contributed by atoms with Gasteiger partial charge in [-0.1, -0.05) is 74.5 Å². The quantitative estimate of drug-likeness (QED) is 0.123. The van der Waals surface area contributed by atoms with Gasteiger partial charge in [0, 0.05) is 37.3 Å². The Morgan fingerprint density at radius 2 is 1.11 bits per heavy atom. The monoisotopic (exact) mass is 626 g/mol. The van der Waals surface area contributed by atoms with Crippen LogP contribution in [0.3, 0.4) is 0 Å². The lowest BCUT2D eigenvalue weighted by Crippen LogP contribution is -2.13. The predicted molar refractivity (Wildman–Crippen MR) is 177 cm³/mol. The minimum absolute atomic E-state index is 0.154. The van der Waals surface area contributed by atoms with Crippen LogP contribution >= 0.6 is 0 Å². The predicted octanol–water partition coefficient (Wildman–Crippen LogP) is 7.86. The first kappa shape index (κ1) is 33.9. The summed E-state index contributed by atoms with van der Waals surface area (Å²) in [7, 11) is 3.20. The summed E-state index contributed by atoms with van der Waals surface area (Å²) in [5, 5.41) is 0. The molecule has 0 aromatic heterocycles. The van der Waals surface area contributed by atoms with E-state index in [9.17, 15) is 9.59 Å². The number of carbonyl (C=O) groups is 2. The van der Waals surface area contributed by atoms with Gasteiger partial charge in [0.25, 0.3) is 0 Å². The van der Waals surface area contributed by atoms with Crippen molar-refractivity contribution in [1.29, 1.82) is 0 Å². The normalized spacial score (nSPS) is 12.0. The second-order valence-corrected chi connectivity index (χ2v) is 11.1. The lowest BCUT2D eigenvalue weighted by molar-refractivity contribution is -0.142. The number of esters is 2. The van der Waals surface area contributed by atoms with Crippen LogP contribution in [0.4, 0.5) is 0 Å². The highest BCUT2D eigenvalue weighted by atomic mass is 16.5. The number of carbonyl (C=O) groups excluding carboxylic acids is 2. The minimum Gasteiger partial charge on any atom is -0.497 e. The van der Waals surface area contributed by atoms with E-state index in [-0.39, 0.29) is 37.0 Å². The van der Waals surface area contributed by atoms with Gasteiger partial charge in [-0.2, -0.15) is 0 Å². The van der Waals surface area contributed by atoms with E-state index in [0.717, 1.165) is 33.4 Å². The average Bonchev–Trinajstić information content (AvgIpc) is 3.07. The molecule has 0 saturated heterocycles. The third kappa shape index (κ3) is 9.03. The zero-order chi connectivity index (χ0) is 33.1. The molecule has 2 unspecified atom stereocenters. The lowest BCUT2D eigenvalue weighted by atomic mass is 9.85. The van der Waals surface area contributed by atoms with Gasteiger partial charge in [0.1, 0.15) is 24.7 Å². The summed E-state index contributed by atoms with van der Waals surface area (Å²) in [6.07, 6.45) is 0. The third-order valence-corrected chi connectivity index (χ3v) is 7.56. The summed E-state index contributed by atoms with van der Waals surface area (Å²) >= 11 is 0. The molecule has 8 heteroatoms. The molecule has 2 atom stereocenters. The van der Waals surface area contributed by atoms with E-state index in [1.54, 1.807) is 14.2 Å². The van der Waals surface area contributed by atoms with E-state index in [2.05, 4.69) is 0 Å². The molecule has 46 heavy (non-hydrogen) atoms. The van der Waals surface area contributed by atoms with E-state index in [1.165, 1.54) is 13.8 Å². The fourth-order valence-corrected chi connectivity index (χ4v) is 5.13. The molecule has 0 saturated carbocycles. The van der Waals surface area contributed by atoms with Crippen molar-refractivity contribution in [2.45, 2.75) is 52.7 Å². The van der Waals surface area contributed by atoms with Crippen molar-refractivity contribution in [2.24, 2.45) is 0 Å². The highest BCUT2D eigenvalue weighted by Crippen LogP contribution is 2.47. The summed E-state index contributed by atoms with van der Waals surface area (Å²) < 4.78 is 35.3. The van der Waals surface area contributed by atoms with Crippen LogP contribution in [0.15, 0.2) is 84.9 Å². The highest BCUT2D eigenvalue weighted by molar-refractivity contribution is 5.81. The molecule has 4 aromatic carbocycles. The molecule has 8 nitrogen and oxygen atoms in total. The lowest BCUT2D eigenvalue weighted by Gasteiger charge is -2.25. The Balaban J connectivity index is 1.93. The van der Waals surface area contributed by atoms with Crippen molar-refractivity contribution < 1.29 is 38.0 Å². The van der Waals surface area contributed by atoms with Gasteiger partial charge in [0.2, 0.25) is 0 Å². The summed E-state index contributed by atoms with van der Waals surface area (Å²) in [5.41, 5.74) is 5.31. The molecule has 0 radical (unpaired) electrons. The van der Waals surface area contributed by atoms with Crippen molar-refractivity contribution in [3.8, 4) is 34.1 Å². The Labute approximate surface area is 271 Å². The summed E-state index contributed by atoms with van der Waals surface area (Å²) in [6, 6.07) is 27.5. The van der Waals surface area contributed by atoms with Crippen LogP contribution in [0.2, 0.25) is 0 Å². The number of methoxy groups -OCH3 is 2. The second kappa shape index (κ2) is 16.4. The number of benzene rings is 4. The van der Waals surface area contributed by atoms with E-state index in [0.29, 0.717) is 36.2 Å². The molecule has 0 fully saturated rings. The molecular weight excluding hydrogens is 584 g/mol. The summed E-state index contributed by atoms with van der Waals surface area (Å²) in [6.45, 7) is 7.71. The van der Waals surface area contributed by atoms with Crippen molar-refractivity contribution in [2.75, 3.05) is 27.4 Å². The largest absolute Gasteiger partial charge is 0.497 e. The molecule has 0 aliphatic heterocycles. The fraction of sp³-hybridized carbons (Fsp3) is 0.316. The zero-order valence-corrected chi connectivity index (χ0v) is 27.3. The smallest absolute Gasteiger partial charge is 0.302 e. The van der Waals surface area contributed by atoms with Gasteiger partial charge in [-0.3, -0.25) is 9.59 Å². The Hall–Kier alpha value is -4.98. The van der Waals surface area contributed by atoms with Crippen molar-refractivity contribution >= 4 is 11.9 Å². The molecule has 4 aromatic rings. The molecule has 0 amide bonds. The second-order valence-electron chi connectivity index (χ2n) is 11.1. The van der Waals surface area contributed by atoms with Gasteiger partial charge in [0.15, 0.2) is 11.5 Å². The van der Waals surface area contributed by atoms with Gasteiger partial charge in [-0.05, 0) is 46.0 Å². The maximum absolute atomic E-state index is 11.8. The maximum atomic E-state index is 11.8. The van der Waals surface area contributed by atoms with E-state index < -0.39 is 0 Å². The molecule has 242 valence electrons. The van der Waals surface area contributed by atoms with E-state index in [4.69, 9.17) is 28.4 Å². The maximum Gasteiger partial charge on any atom is 0.302 e. The van der Waals surface area contributed by atoms with Crippen LogP contribution in [0.25, 0.3) is 11.1 Å². The molecule has 4 rings (SSSR count). The van der Waals surface area contributed by atoms with Crippen molar-refractivity contribution in [3.63, 3.8) is 0 Å². The van der Waals surface area contributed by atoms with Gasteiger partial charge in [-0.15, -0.1) is 0 Å². The molecule has 0 N–H and O–H groups in total. The third-order valence-electron chi connectivity index (χ3n) is 7.56. The topological polar surface area (TPSA) is 89.5 Å². The Bertz CT molecular complexity index is 1600. The molecular formula is C38H42O8. The number of ether oxygens (including phenoxy) is 6. The first-order chi connectivity index (χ1) is 22.2. The van der Waals surface area contributed by atoms with Gasteiger partial charge in [-0.25, -0.2) is 0 Å². The first-order valence-corrected chi connectivity index (χ1v) is 15.2. The number of hydrogen-bond donors (Lipinski definition) is 0. The Morgan fingerprint density at radius 3 is 1.59 bits per heavy atom. The van der Waals surface area contributed by atoms with Gasteiger partial charge < -0.3 is 28.4 Å². The van der Waals surface area contributed by atoms with Gasteiger partial charge in [0.05, 0.1) is 27.4 Å². The van der Waals surface area contributed by atoms with Crippen LogP contribution in [0.1, 0.15) is 61.8 Å². The summed E-state index contributed by atoms with van der Waals surface area (Å²) in [5.74, 6) is 1.07. The summed E-state index contributed by atoms with van der Waals surface area (Å²) in [4.78, 5) is 23.6. The SMILES string of the molecule is COc1cc(OC)c(-c2cc(OCc3ccccc3)c(OCc3ccccc3)cc2C(C)COC(C)=O)c(C(C)COC(C)=O)c1. The van der Waals surface area contributed by atoms with Crippen LogP contribution < -0.4 is 18.9 Å². The average molecular weight is 627 g/mol. The molecule has 0 bridgehead atoms. The number of hydrogen-bond acceptors (Lipinski definition) is 8. The van der Waals surface area contributed by atoms with Crippen molar-refractivity contribution in [3.05, 3.63) is 107 Å². The Kier molecular flexibility index (Phi) is 12.1. The van der Waals surface area contributed by atoms with Crippen LogP contribution in [0.5, 0.6) is 23.0 Å². The van der Waals surface area contributed by atoms with E-state index in [1.807, 2.05) is 98.8 Å². The van der Waals surface area contributed by atoms with Crippen LogP contribution in [-0.4, -0.2) is 39.4 Å². The van der Waals surface area contributed by atoms with E-state index >= 15 is 0 Å². The minimum atomic E-state index is -0.366.